The summed E-state index contributed by atoms with van der Waals surface area (Å²) in [5, 5.41) is 0. The average molecular weight is 208 g/mol. The van der Waals surface area contributed by atoms with Crippen LogP contribution in [0.4, 0.5) is 10.1 Å². The molecule has 0 radical (unpaired) electrons. The fraction of sp³-hybridized carbons (Fsp3) is 0.500. The van der Waals surface area contributed by atoms with Gasteiger partial charge in [0.1, 0.15) is 5.82 Å². The van der Waals surface area contributed by atoms with E-state index in [1.54, 1.807) is 12.1 Å². The van der Waals surface area contributed by atoms with Gasteiger partial charge in [0.2, 0.25) is 0 Å². The molecule has 0 amide bonds. The van der Waals surface area contributed by atoms with E-state index in [4.69, 9.17) is 5.73 Å². The van der Waals surface area contributed by atoms with Crippen LogP contribution in [-0.2, 0) is 0 Å². The van der Waals surface area contributed by atoms with Crippen LogP contribution in [0.3, 0.4) is 0 Å². The average Bonchev–Trinajstić information content (AvgIpc) is 2.66. The van der Waals surface area contributed by atoms with Crippen LogP contribution in [-0.4, -0.2) is 19.1 Å². The molecule has 82 valence electrons. The molecule has 2 N–H and O–H groups in total. The minimum atomic E-state index is -0.161. The molecule has 0 spiro atoms. The zero-order valence-corrected chi connectivity index (χ0v) is 8.82. The summed E-state index contributed by atoms with van der Waals surface area (Å²) in [4.78, 5) is 2.27. The van der Waals surface area contributed by atoms with Gasteiger partial charge in [-0.3, -0.25) is 0 Å². The van der Waals surface area contributed by atoms with Gasteiger partial charge >= 0.3 is 0 Å². The van der Waals surface area contributed by atoms with Gasteiger partial charge in [0.05, 0.1) is 0 Å². The number of benzene rings is 1. The topological polar surface area (TPSA) is 29.3 Å². The third-order valence-electron chi connectivity index (χ3n) is 3.02. The molecule has 15 heavy (non-hydrogen) atoms. The standard InChI is InChI=1S/C12H17FN2/c13-10-3-1-4-12(9-10)15-8-2-5-11(15)6-7-14/h1,3-4,9,11H,2,5-8,14H2. The quantitative estimate of drug-likeness (QED) is 0.824. The van der Waals surface area contributed by atoms with E-state index < -0.39 is 0 Å². The Morgan fingerprint density at radius 1 is 1.47 bits per heavy atom. The molecule has 0 aliphatic carbocycles. The fourth-order valence-corrected chi connectivity index (χ4v) is 2.32. The Balaban J connectivity index is 2.15. The Hall–Kier alpha value is -1.09. The van der Waals surface area contributed by atoms with Crippen molar-refractivity contribution in [3.63, 3.8) is 0 Å². The van der Waals surface area contributed by atoms with Crippen LogP contribution in [0.25, 0.3) is 0 Å². The first-order valence-corrected chi connectivity index (χ1v) is 5.53. The van der Waals surface area contributed by atoms with Crippen molar-refractivity contribution in [3.8, 4) is 0 Å². The van der Waals surface area contributed by atoms with Gasteiger partial charge in [0.15, 0.2) is 0 Å². The van der Waals surface area contributed by atoms with Crippen molar-refractivity contribution in [1.82, 2.24) is 0 Å². The minimum Gasteiger partial charge on any atom is -0.368 e. The highest BCUT2D eigenvalue weighted by Crippen LogP contribution is 2.27. The lowest BCUT2D eigenvalue weighted by molar-refractivity contribution is 0.609. The Morgan fingerprint density at radius 3 is 3.07 bits per heavy atom. The van der Waals surface area contributed by atoms with Gasteiger partial charge in [-0.05, 0) is 44.0 Å². The van der Waals surface area contributed by atoms with Crippen LogP contribution in [0, 0.1) is 5.82 Å². The fourth-order valence-electron chi connectivity index (χ4n) is 2.32. The molecule has 1 heterocycles. The maximum Gasteiger partial charge on any atom is 0.125 e. The Kier molecular flexibility index (Phi) is 3.21. The molecular weight excluding hydrogens is 191 g/mol. The predicted octanol–water partition coefficient (Wildman–Crippen LogP) is 2.14. The second kappa shape index (κ2) is 4.62. The van der Waals surface area contributed by atoms with Gasteiger partial charge in [-0.2, -0.15) is 0 Å². The SMILES string of the molecule is NCCC1CCCN1c1cccc(F)c1. The molecule has 1 aromatic carbocycles. The van der Waals surface area contributed by atoms with E-state index in [0.717, 1.165) is 18.7 Å². The van der Waals surface area contributed by atoms with E-state index in [2.05, 4.69) is 4.90 Å². The highest BCUT2D eigenvalue weighted by Gasteiger charge is 2.23. The van der Waals surface area contributed by atoms with E-state index in [1.165, 1.54) is 18.9 Å². The zero-order valence-electron chi connectivity index (χ0n) is 8.82. The molecule has 1 saturated heterocycles. The monoisotopic (exact) mass is 208 g/mol. The number of hydrogen-bond donors (Lipinski definition) is 1. The van der Waals surface area contributed by atoms with Crippen LogP contribution in [0.1, 0.15) is 19.3 Å². The van der Waals surface area contributed by atoms with Crippen LogP contribution < -0.4 is 10.6 Å². The summed E-state index contributed by atoms with van der Waals surface area (Å²) in [5.74, 6) is -0.161. The van der Waals surface area contributed by atoms with Gasteiger partial charge < -0.3 is 10.6 Å². The Labute approximate surface area is 89.9 Å². The first kappa shape index (κ1) is 10.4. The summed E-state index contributed by atoms with van der Waals surface area (Å²) in [6, 6.07) is 7.32. The highest BCUT2D eigenvalue weighted by molar-refractivity contribution is 5.48. The maximum absolute atomic E-state index is 13.1. The van der Waals surface area contributed by atoms with Gasteiger partial charge in [0.25, 0.3) is 0 Å². The van der Waals surface area contributed by atoms with E-state index >= 15 is 0 Å². The third kappa shape index (κ3) is 2.29. The Morgan fingerprint density at radius 2 is 2.33 bits per heavy atom. The van der Waals surface area contributed by atoms with Crippen LogP contribution in [0.15, 0.2) is 24.3 Å². The van der Waals surface area contributed by atoms with Crippen molar-refractivity contribution in [2.45, 2.75) is 25.3 Å². The lowest BCUT2D eigenvalue weighted by atomic mass is 10.1. The number of rotatable bonds is 3. The molecule has 2 nitrogen and oxygen atoms in total. The second-order valence-corrected chi connectivity index (χ2v) is 4.05. The molecule has 0 saturated carbocycles. The summed E-state index contributed by atoms with van der Waals surface area (Å²) in [5.41, 5.74) is 6.57. The van der Waals surface area contributed by atoms with Gasteiger partial charge in [-0.25, -0.2) is 4.39 Å². The van der Waals surface area contributed by atoms with Crippen LogP contribution >= 0.6 is 0 Å². The molecule has 0 bridgehead atoms. The number of nitrogens with zero attached hydrogens (tertiary/aromatic N) is 1. The molecule has 1 atom stereocenters. The van der Waals surface area contributed by atoms with E-state index in [9.17, 15) is 4.39 Å². The van der Waals surface area contributed by atoms with Gasteiger partial charge in [0, 0.05) is 18.3 Å². The lowest BCUT2D eigenvalue weighted by Crippen LogP contribution is -2.31. The molecule has 3 heteroatoms. The summed E-state index contributed by atoms with van der Waals surface area (Å²) >= 11 is 0. The van der Waals surface area contributed by atoms with Gasteiger partial charge in [-0.15, -0.1) is 0 Å². The highest BCUT2D eigenvalue weighted by atomic mass is 19.1. The van der Waals surface area contributed by atoms with E-state index in [-0.39, 0.29) is 5.82 Å². The third-order valence-corrected chi connectivity index (χ3v) is 3.02. The predicted molar refractivity (Wildman–Crippen MR) is 60.4 cm³/mol. The van der Waals surface area contributed by atoms with E-state index in [1.807, 2.05) is 6.07 Å². The maximum atomic E-state index is 13.1. The first-order chi connectivity index (χ1) is 7.31. The number of nitrogens with two attached hydrogens (primary N) is 1. The van der Waals surface area contributed by atoms with Crippen molar-refractivity contribution in [2.75, 3.05) is 18.0 Å². The molecule has 1 fully saturated rings. The lowest BCUT2D eigenvalue weighted by Gasteiger charge is -2.26. The zero-order chi connectivity index (χ0) is 10.7. The summed E-state index contributed by atoms with van der Waals surface area (Å²) in [6.45, 7) is 1.73. The van der Waals surface area contributed by atoms with Crippen molar-refractivity contribution in [2.24, 2.45) is 5.73 Å². The van der Waals surface area contributed by atoms with Crippen molar-refractivity contribution in [1.29, 1.82) is 0 Å². The molecule has 0 aromatic heterocycles. The summed E-state index contributed by atoms with van der Waals surface area (Å²) in [6.07, 6.45) is 3.35. The number of halogens is 1. The smallest absolute Gasteiger partial charge is 0.125 e. The molecule has 2 rings (SSSR count). The van der Waals surface area contributed by atoms with Crippen LogP contribution in [0.2, 0.25) is 0 Å². The molecular formula is C12H17FN2. The van der Waals surface area contributed by atoms with Crippen molar-refractivity contribution < 1.29 is 4.39 Å². The van der Waals surface area contributed by atoms with Crippen molar-refractivity contribution in [3.05, 3.63) is 30.1 Å². The largest absolute Gasteiger partial charge is 0.368 e. The summed E-state index contributed by atoms with van der Waals surface area (Å²) in [7, 11) is 0. The Bertz CT molecular complexity index is 327. The molecule has 1 aliphatic rings. The molecule has 1 aliphatic heterocycles. The molecule has 1 unspecified atom stereocenters. The van der Waals surface area contributed by atoms with E-state index in [0.29, 0.717) is 12.6 Å². The second-order valence-electron chi connectivity index (χ2n) is 4.05. The van der Waals surface area contributed by atoms with Crippen molar-refractivity contribution >= 4 is 5.69 Å². The van der Waals surface area contributed by atoms with Crippen LogP contribution in [0.5, 0.6) is 0 Å². The number of anilines is 1. The number of hydrogen-bond acceptors (Lipinski definition) is 2. The summed E-state index contributed by atoms with van der Waals surface area (Å²) < 4.78 is 13.1. The first-order valence-electron chi connectivity index (χ1n) is 5.53. The van der Waals surface area contributed by atoms with Gasteiger partial charge in [-0.1, -0.05) is 6.07 Å². The normalized spacial score (nSPS) is 20.9. The minimum absolute atomic E-state index is 0.161. The molecule has 1 aromatic rings.